The zero-order valence-electron chi connectivity index (χ0n) is 10.1. The van der Waals surface area contributed by atoms with Crippen LogP contribution in [0.4, 0.5) is 19.0 Å². The first-order valence-electron chi connectivity index (χ1n) is 5.40. The highest BCUT2D eigenvalue weighted by molar-refractivity contribution is 7.84. The number of alkyl halides is 3. The monoisotopic (exact) mass is 280 g/mol. The van der Waals surface area contributed by atoms with Gasteiger partial charge in [0.1, 0.15) is 5.82 Å². The fourth-order valence-electron chi connectivity index (χ4n) is 1.27. The van der Waals surface area contributed by atoms with Crippen LogP contribution in [0.1, 0.15) is 18.9 Å². The van der Waals surface area contributed by atoms with Crippen molar-refractivity contribution < 1.29 is 17.4 Å². The third-order valence-corrected chi connectivity index (χ3v) is 3.88. The minimum absolute atomic E-state index is 0.00305. The van der Waals surface area contributed by atoms with Gasteiger partial charge in [0.05, 0.1) is 5.56 Å². The Balaban J connectivity index is 2.56. The molecule has 0 fully saturated rings. The number of hydrogen-bond donors (Lipinski definition) is 1. The number of nitrogens with one attached hydrogen (secondary N) is 1. The van der Waals surface area contributed by atoms with E-state index < -0.39 is 22.5 Å². The van der Waals surface area contributed by atoms with Crippen LogP contribution in [0.25, 0.3) is 0 Å². The maximum atomic E-state index is 12.4. The van der Waals surface area contributed by atoms with Gasteiger partial charge < -0.3 is 5.32 Å². The number of nitrogens with zero attached hydrogens (tertiary/aromatic N) is 1. The molecule has 0 radical (unpaired) electrons. The maximum Gasteiger partial charge on any atom is 0.416 e. The Kier molecular flexibility index (Phi) is 5.13. The van der Waals surface area contributed by atoms with Crippen molar-refractivity contribution in [2.45, 2.75) is 24.8 Å². The van der Waals surface area contributed by atoms with Gasteiger partial charge in [0, 0.05) is 35.0 Å². The molecule has 0 bridgehead atoms. The number of halogens is 3. The standard InChI is InChI=1S/C11H15F3N2OS/c1-8(18(2)17)3-5-15-10-7-9(4-6-16-10)11(12,13)14/h4,6-8H,3,5H2,1-2H3,(H,15,16). The van der Waals surface area contributed by atoms with E-state index in [1.54, 1.807) is 6.26 Å². The van der Waals surface area contributed by atoms with Crippen molar-refractivity contribution in [1.82, 2.24) is 4.98 Å². The average Bonchev–Trinajstić information content (AvgIpc) is 2.28. The largest absolute Gasteiger partial charge is 0.416 e. The van der Waals surface area contributed by atoms with Crippen molar-refractivity contribution in [1.29, 1.82) is 0 Å². The topological polar surface area (TPSA) is 42.0 Å². The molecule has 0 aliphatic rings. The molecular formula is C11H15F3N2OS. The van der Waals surface area contributed by atoms with Gasteiger partial charge in [0.15, 0.2) is 0 Å². The molecule has 1 heterocycles. The number of hydrogen-bond acceptors (Lipinski definition) is 3. The van der Waals surface area contributed by atoms with E-state index in [-0.39, 0.29) is 11.1 Å². The lowest BCUT2D eigenvalue weighted by atomic mass is 10.2. The molecule has 3 nitrogen and oxygen atoms in total. The fourth-order valence-corrected chi connectivity index (χ4v) is 1.72. The van der Waals surface area contributed by atoms with Crippen molar-refractivity contribution in [3.8, 4) is 0 Å². The first kappa shape index (κ1) is 14.9. The van der Waals surface area contributed by atoms with Gasteiger partial charge in [-0.25, -0.2) is 4.98 Å². The number of pyridine rings is 1. The van der Waals surface area contributed by atoms with Gasteiger partial charge in [-0.2, -0.15) is 13.2 Å². The lowest BCUT2D eigenvalue weighted by Gasteiger charge is -2.11. The molecule has 102 valence electrons. The van der Waals surface area contributed by atoms with E-state index in [0.717, 1.165) is 18.3 Å². The Morgan fingerprint density at radius 1 is 1.50 bits per heavy atom. The number of rotatable bonds is 5. The molecule has 0 saturated heterocycles. The zero-order chi connectivity index (χ0) is 13.8. The Bertz CT molecular complexity index is 423. The van der Waals surface area contributed by atoms with E-state index in [2.05, 4.69) is 10.3 Å². The van der Waals surface area contributed by atoms with Crippen LogP contribution in [0.15, 0.2) is 18.3 Å². The highest BCUT2D eigenvalue weighted by Crippen LogP contribution is 2.29. The van der Waals surface area contributed by atoms with Gasteiger partial charge in [0.25, 0.3) is 0 Å². The highest BCUT2D eigenvalue weighted by atomic mass is 32.2. The molecule has 0 spiro atoms. The molecule has 1 aromatic heterocycles. The van der Waals surface area contributed by atoms with E-state index in [0.29, 0.717) is 13.0 Å². The first-order chi connectivity index (χ1) is 8.30. The van der Waals surface area contributed by atoms with E-state index in [4.69, 9.17) is 0 Å². The molecule has 2 atom stereocenters. The van der Waals surface area contributed by atoms with Gasteiger partial charge >= 0.3 is 6.18 Å². The van der Waals surface area contributed by atoms with Crippen molar-refractivity contribution in [2.24, 2.45) is 0 Å². The van der Waals surface area contributed by atoms with Crippen LogP contribution in [-0.4, -0.2) is 27.2 Å². The van der Waals surface area contributed by atoms with Gasteiger partial charge in [-0.1, -0.05) is 6.92 Å². The van der Waals surface area contributed by atoms with E-state index in [1.807, 2.05) is 6.92 Å². The highest BCUT2D eigenvalue weighted by Gasteiger charge is 2.30. The van der Waals surface area contributed by atoms with Crippen molar-refractivity contribution in [3.05, 3.63) is 23.9 Å². The molecule has 1 aromatic rings. The first-order valence-corrected chi connectivity index (χ1v) is 7.02. The molecule has 0 saturated carbocycles. The van der Waals surface area contributed by atoms with E-state index in [1.165, 1.54) is 0 Å². The second-order valence-electron chi connectivity index (χ2n) is 3.95. The van der Waals surface area contributed by atoms with Crippen LogP contribution in [0.3, 0.4) is 0 Å². The second-order valence-corrected chi connectivity index (χ2v) is 5.75. The summed E-state index contributed by atoms with van der Waals surface area (Å²) in [4.78, 5) is 3.81. The third kappa shape index (κ3) is 4.64. The summed E-state index contributed by atoms with van der Waals surface area (Å²) < 4.78 is 48.4. The summed E-state index contributed by atoms with van der Waals surface area (Å²) in [5.74, 6) is 0.180. The molecule has 18 heavy (non-hydrogen) atoms. The van der Waals surface area contributed by atoms with Crippen molar-refractivity contribution in [2.75, 3.05) is 18.1 Å². The SMILES string of the molecule is CC(CCNc1cc(C(F)(F)F)ccn1)S(C)=O. The smallest absolute Gasteiger partial charge is 0.370 e. The lowest BCUT2D eigenvalue weighted by molar-refractivity contribution is -0.137. The summed E-state index contributed by atoms with van der Waals surface area (Å²) in [7, 11) is -0.927. The normalized spacial score (nSPS) is 15.2. The summed E-state index contributed by atoms with van der Waals surface area (Å²) in [6.07, 6.45) is -1.03. The summed E-state index contributed by atoms with van der Waals surface area (Å²) in [5.41, 5.74) is -0.730. The Morgan fingerprint density at radius 3 is 2.72 bits per heavy atom. The van der Waals surface area contributed by atoms with Crippen LogP contribution in [-0.2, 0) is 17.0 Å². The predicted octanol–water partition coefficient (Wildman–Crippen LogP) is 2.67. The van der Waals surface area contributed by atoms with Crippen LogP contribution in [0, 0.1) is 0 Å². The minimum atomic E-state index is -4.36. The molecular weight excluding hydrogens is 265 g/mol. The zero-order valence-corrected chi connectivity index (χ0v) is 10.9. The minimum Gasteiger partial charge on any atom is -0.370 e. The van der Waals surface area contributed by atoms with Crippen LogP contribution < -0.4 is 5.32 Å². The summed E-state index contributed by atoms with van der Waals surface area (Å²) >= 11 is 0. The molecule has 1 N–H and O–H groups in total. The fraction of sp³-hybridized carbons (Fsp3) is 0.545. The number of anilines is 1. The maximum absolute atomic E-state index is 12.4. The molecule has 0 amide bonds. The predicted molar refractivity (Wildman–Crippen MR) is 65.9 cm³/mol. The third-order valence-electron chi connectivity index (χ3n) is 2.51. The average molecular weight is 280 g/mol. The summed E-state index contributed by atoms with van der Waals surface area (Å²) in [5, 5.41) is 2.80. The van der Waals surface area contributed by atoms with Crippen LogP contribution in [0.5, 0.6) is 0 Å². The van der Waals surface area contributed by atoms with Crippen LogP contribution >= 0.6 is 0 Å². The molecule has 1 rings (SSSR count). The van der Waals surface area contributed by atoms with Crippen molar-refractivity contribution >= 4 is 16.6 Å². The van der Waals surface area contributed by atoms with Crippen molar-refractivity contribution in [3.63, 3.8) is 0 Å². The summed E-state index contributed by atoms with van der Waals surface area (Å²) in [6, 6.07) is 1.89. The second kappa shape index (κ2) is 6.17. The Hall–Kier alpha value is -1.11. The van der Waals surface area contributed by atoms with Gasteiger partial charge in [-0.3, -0.25) is 4.21 Å². The molecule has 0 aromatic carbocycles. The molecule has 7 heteroatoms. The number of aromatic nitrogens is 1. The van der Waals surface area contributed by atoms with E-state index >= 15 is 0 Å². The van der Waals surface area contributed by atoms with Crippen LogP contribution in [0.2, 0.25) is 0 Å². The molecule has 0 aliphatic carbocycles. The Morgan fingerprint density at radius 2 is 2.17 bits per heavy atom. The quantitative estimate of drug-likeness (QED) is 0.901. The Labute approximate surface area is 106 Å². The lowest BCUT2D eigenvalue weighted by Crippen LogP contribution is -2.15. The van der Waals surface area contributed by atoms with E-state index in [9.17, 15) is 17.4 Å². The van der Waals surface area contributed by atoms with Gasteiger partial charge in [0.2, 0.25) is 0 Å². The molecule has 2 unspecified atom stereocenters. The summed E-state index contributed by atoms with van der Waals surface area (Å²) in [6.45, 7) is 2.27. The van der Waals surface area contributed by atoms with Gasteiger partial charge in [-0.15, -0.1) is 0 Å². The van der Waals surface area contributed by atoms with Gasteiger partial charge in [-0.05, 0) is 18.6 Å². The molecule has 0 aliphatic heterocycles.